The van der Waals surface area contributed by atoms with Crippen molar-refractivity contribution in [2.24, 2.45) is 0 Å². The number of carbonyl (C=O) groups excluding carboxylic acids is 1. The van der Waals surface area contributed by atoms with Crippen molar-refractivity contribution in [1.82, 2.24) is 9.78 Å². The molecule has 0 bridgehead atoms. The Labute approximate surface area is 97.4 Å². The van der Waals surface area contributed by atoms with E-state index in [4.69, 9.17) is 16.3 Å². The molecular weight excluding hydrogens is 228 g/mol. The second-order valence-electron chi connectivity index (χ2n) is 3.05. The molecule has 0 fully saturated rings. The fraction of sp³-hybridized carbons (Fsp3) is 0.0909. The summed E-state index contributed by atoms with van der Waals surface area (Å²) in [5.41, 5.74) is 0.769. The van der Waals surface area contributed by atoms with E-state index in [9.17, 15) is 4.79 Å². The molecule has 2 rings (SSSR count). The first kappa shape index (κ1) is 10.7. The molecule has 0 N–H and O–H groups in total. The molecule has 0 aliphatic heterocycles. The van der Waals surface area contributed by atoms with Gasteiger partial charge < -0.3 is 4.74 Å². The van der Waals surface area contributed by atoms with Gasteiger partial charge >= 0.3 is 0 Å². The van der Waals surface area contributed by atoms with Crippen LogP contribution in [0.5, 0.6) is 5.75 Å². The number of ether oxygens (including phenoxy) is 1. The van der Waals surface area contributed by atoms with Crippen LogP contribution in [-0.4, -0.2) is 22.7 Å². The number of hydrogen-bond acceptors (Lipinski definition) is 3. The van der Waals surface area contributed by atoms with Crippen molar-refractivity contribution in [2.75, 3.05) is 6.61 Å². The molecule has 1 aromatic heterocycles. The largest absolute Gasteiger partial charge is 0.483 e. The number of benzene rings is 1. The van der Waals surface area contributed by atoms with Gasteiger partial charge in [-0.2, -0.15) is 5.10 Å². The van der Waals surface area contributed by atoms with Crippen LogP contribution in [0.15, 0.2) is 36.7 Å². The average molecular weight is 237 g/mol. The van der Waals surface area contributed by atoms with Crippen LogP contribution < -0.4 is 4.74 Å². The van der Waals surface area contributed by atoms with E-state index in [-0.39, 0.29) is 6.61 Å². The van der Waals surface area contributed by atoms with Crippen molar-refractivity contribution in [2.45, 2.75) is 0 Å². The van der Waals surface area contributed by atoms with E-state index >= 15 is 0 Å². The summed E-state index contributed by atoms with van der Waals surface area (Å²) >= 11 is 6.01. The van der Waals surface area contributed by atoms with Crippen LogP contribution >= 0.6 is 11.6 Å². The Morgan fingerprint density at radius 1 is 1.44 bits per heavy atom. The third kappa shape index (κ3) is 2.23. The normalized spacial score (nSPS) is 10.1. The highest BCUT2D eigenvalue weighted by atomic mass is 35.5. The van der Waals surface area contributed by atoms with Gasteiger partial charge in [-0.05, 0) is 12.1 Å². The lowest BCUT2D eigenvalue weighted by molar-refractivity contribution is -0.109. The SMILES string of the molecule is O=CCOc1cnn(-c2ccccc2Cl)c1. The number of nitrogens with zero attached hydrogens (tertiary/aromatic N) is 2. The quantitative estimate of drug-likeness (QED) is 0.764. The molecular formula is C11H9ClN2O2. The first-order valence-electron chi connectivity index (χ1n) is 4.67. The second kappa shape index (κ2) is 4.81. The van der Waals surface area contributed by atoms with Gasteiger partial charge in [0, 0.05) is 0 Å². The molecule has 0 amide bonds. The summed E-state index contributed by atoms with van der Waals surface area (Å²) in [4.78, 5) is 10.1. The number of aldehydes is 1. The number of hydrogen-bond donors (Lipinski definition) is 0. The summed E-state index contributed by atoms with van der Waals surface area (Å²) in [6.45, 7) is 0.0220. The van der Waals surface area contributed by atoms with Crippen LogP contribution in [0, 0.1) is 0 Å². The van der Waals surface area contributed by atoms with Gasteiger partial charge in [-0.1, -0.05) is 23.7 Å². The molecule has 5 heteroatoms. The third-order valence-corrected chi connectivity index (χ3v) is 2.30. The number of para-hydroxylation sites is 1. The van der Waals surface area contributed by atoms with Crippen molar-refractivity contribution in [1.29, 1.82) is 0 Å². The first-order valence-corrected chi connectivity index (χ1v) is 5.05. The number of aromatic nitrogens is 2. The van der Waals surface area contributed by atoms with Crippen molar-refractivity contribution < 1.29 is 9.53 Å². The van der Waals surface area contributed by atoms with E-state index in [1.807, 2.05) is 18.2 Å². The molecule has 0 aliphatic carbocycles. The van der Waals surface area contributed by atoms with E-state index in [0.29, 0.717) is 17.1 Å². The van der Waals surface area contributed by atoms with Gasteiger partial charge in [-0.15, -0.1) is 0 Å². The van der Waals surface area contributed by atoms with Crippen LogP contribution in [-0.2, 0) is 4.79 Å². The summed E-state index contributed by atoms with van der Waals surface area (Å²) in [6, 6.07) is 7.34. The summed E-state index contributed by atoms with van der Waals surface area (Å²) in [7, 11) is 0. The Morgan fingerprint density at radius 3 is 3.00 bits per heavy atom. The summed E-state index contributed by atoms with van der Waals surface area (Å²) in [5, 5.41) is 4.70. The predicted octanol–water partition coefficient (Wildman–Crippen LogP) is 2.10. The van der Waals surface area contributed by atoms with Crippen molar-refractivity contribution in [3.05, 3.63) is 41.7 Å². The Kier molecular flexibility index (Phi) is 3.22. The second-order valence-corrected chi connectivity index (χ2v) is 3.46. The molecule has 0 unspecified atom stereocenters. The summed E-state index contributed by atoms with van der Waals surface area (Å²) in [6.07, 6.45) is 3.89. The number of carbonyl (C=O) groups is 1. The third-order valence-electron chi connectivity index (χ3n) is 1.98. The number of halogens is 1. The fourth-order valence-electron chi connectivity index (χ4n) is 1.28. The lowest BCUT2D eigenvalue weighted by Gasteiger charge is -2.02. The smallest absolute Gasteiger partial charge is 0.158 e. The molecule has 4 nitrogen and oxygen atoms in total. The zero-order chi connectivity index (χ0) is 11.4. The molecule has 2 aromatic rings. The zero-order valence-electron chi connectivity index (χ0n) is 8.34. The van der Waals surface area contributed by atoms with Gasteiger partial charge in [0.25, 0.3) is 0 Å². The average Bonchev–Trinajstić information content (AvgIpc) is 2.75. The predicted molar refractivity (Wildman–Crippen MR) is 60.1 cm³/mol. The highest BCUT2D eigenvalue weighted by Crippen LogP contribution is 2.20. The number of rotatable bonds is 4. The molecule has 1 aromatic carbocycles. The van der Waals surface area contributed by atoms with Crippen molar-refractivity contribution in [3.8, 4) is 11.4 Å². The topological polar surface area (TPSA) is 44.1 Å². The van der Waals surface area contributed by atoms with Gasteiger partial charge in [0.05, 0.1) is 23.1 Å². The summed E-state index contributed by atoms with van der Waals surface area (Å²) < 4.78 is 6.70. The first-order chi connectivity index (χ1) is 7.81. The Bertz CT molecular complexity index is 496. The molecule has 82 valence electrons. The minimum absolute atomic E-state index is 0.0220. The van der Waals surface area contributed by atoms with Crippen molar-refractivity contribution in [3.63, 3.8) is 0 Å². The van der Waals surface area contributed by atoms with Crippen LogP contribution in [0.25, 0.3) is 5.69 Å². The molecule has 16 heavy (non-hydrogen) atoms. The molecule has 1 heterocycles. The fourth-order valence-corrected chi connectivity index (χ4v) is 1.50. The van der Waals surface area contributed by atoms with E-state index in [1.165, 1.54) is 6.20 Å². The van der Waals surface area contributed by atoms with Gasteiger partial charge in [0.15, 0.2) is 12.0 Å². The minimum atomic E-state index is 0.0220. The van der Waals surface area contributed by atoms with Crippen LogP contribution in [0.4, 0.5) is 0 Å². The van der Waals surface area contributed by atoms with E-state index in [2.05, 4.69) is 5.10 Å². The minimum Gasteiger partial charge on any atom is -0.483 e. The molecule has 0 saturated carbocycles. The maximum absolute atomic E-state index is 10.1. The maximum Gasteiger partial charge on any atom is 0.158 e. The lowest BCUT2D eigenvalue weighted by Crippen LogP contribution is -1.97. The van der Waals surface area contributed by atoms with Gasteiger partial charge in [-0.25, -0.2) is 4.68 Å². The Balaban J connectivity index is 2.25. The lowest BCUT2D eigenvalue weighted by atomic mass is 10.3. The van der Waals surface area contributed by atoms with Crippen LogP contribution in [0.3, 0.4) is 0 Å². The van der Waals surface area contributed by atoms with Gasteiger partial charge in [0.2, 0.25) is 0 Å². The molecule has 0 saturated heterocycles. The standard InChI is InChI=1S/C11H9ClN2O2/c12-10-3-1-2-4-11(10)14-8-9(7-13-14)16-6-5-15/h1-5,7-8H,6H2. The Hall–Kier alpha value is -1.81. The summed E-state index contributed by atoms with van der Waals surface area (Å²) in [5.74, 6) is 0.534. The van der Waals surface area contributed by atoms with Gasteiger partial charge in [0.1, 0.15) is 6.61 Å². The molecule has 0 radical (unpaired) electrons. The highest BCUT2D eigenvalue weighted by Gasteiger charge is 2.04. The molecule has 0 atom stereocenters. The van der Waals surface area contributed by atoms with Crippen LogP contribution in [0.1, 0.15) is 0 Å². The maximum atomic E-state index is 10.1. The molecule has 0 aliphatic rings. The highest BCUT2D eigenvalue weighted by molar-refractivity contribution is 6.32. The van der Waals surface area contributed by atoms with E-state index in [1.54, 1.807) is 16.9 Å². The molecule has 0 spiro atoms. The van der Waals surface area contributed by atoms with Crippen molar-refractivity contribution >= 4 is 17.9 Å². The van der Waals surface area contributed by atoms with Crippen LogP contribution in [0.2, 0.25) is 5.02 Å². The van der Waals surface area contributed by atoms with Gasteiger partial charge in [-0.3, -0.25) is 4.79 Å². The van der Waals surface area contributed by atoms with E-state index < -0.39 is 0 Å². The monoisotopic (exact) mass is 236 g/mol. The van der Waals surface area contributed by atoms with E-state index in [0.717, 1.165) is 5.69 Å². The Morgan fingerprint density at radius 2 is 2.25 bits per heavy atom. The zero-order valence-corrected chi connectivity index (χ0v) is 9.09.